The first-order valence-corrected chi connectivity index (χ1v) is 13.8. The van der Waals surface area contributed by atoms with Crippen molar-refractivity contribution in [2.45, 2.75) is 31.7 Å². The Morgan fingerprint density at radius 1 is 1.03 bits per heavy atom. The van der Waals surface area contributed by atoms with Gasteiger partial charge in [0, 0.05) is 18.8 Å². The molecule has 0 spiro atoms. The summed E-state index contributed by atoms with van der Waals surface area (Å²) in [6.45, 7) is 6.42. The third-order valence-electron chi connectivity index (χ3n) is 5.42. The van der Waals surface area contributed by atoms with Crippen molar-refractivity contribution >= 4 is 37.3 Å². The number of hydrogen-bond acceptors (Lipinski definition) is 6. The summed E-state index contributed by atoms with van der Waals surface area (Å²) in [6.07, 6.45) is 1.06. The Bertz CT molecular complexity index is 1220. The predicted molar refractivity (Wildman–Crippen MR) is 127 cm³/mol. The summed E-state index contributed by atoms with van der Waals surface area (Å²) in [6, 6.07) is 10.2. The summed E-state index contributed by atoms with van der Waals surface area (Å²) < 4.78 is 58.3. The number of anilines is 2. The molecule has 1 unspecified atom stereocenters. The van der Waals surface area contributed by atoms with Crippen molar-refractivity contribution in [2.75, 3.05) is 42.2 Å². The number of carbonyl (C=O) groups excluding carboxylic acids is 1. The van der Waals surface area contributed by atoms with Gasteiger partial charge in [0.1, 0.15) is 6.04 Å². The van der Waals surface area contributed by atoms with Crippen molar-refractivity contribution in [1.29, 1.82) is 0 Å². The standard InChI is InChI=1S/C22H29N3O6S2/c1-16-5-6-17(2)21(15-16)25(32(4,27)28)18(3)22(26)23-19-7-9-20(10-8-19)33(29,30)24-11-13-31-14-12-24/h5-10,15,18H,11-14H2,1-4H3,(H,23,26). The van der Waals surface area contributed by atoms with Crippen LogP contribution in [0.5, 0.6) is 0 Å². The molecular weight excluding hydrogens is 466 g/mol. The van der Waals surface area contributed by atoms with Crippen LogP contribution in [0.3, 0.4) is 0 Å². The van der Waals surface area contributed by atoms with Crippen LogP contribution in [-0.2, 0) is 29.6 Å². The minimum absolute atomic E-state index is 0.114. The zero-order valence-electron chi connectivity index (χ0n) is 19.1. The topological polar surface area (TPSA) is 113 Å². The lowest BCUT2D eigenvalue weighted by Crippen LogP contribution is -2.45. The fraction of sp³-hybridized carbons (Fsp3) is 0.409. The molecule has 1 saturated heterocycles. The van der Waals surface area contributed by atoms with Gasteiger partial charge in [0.05, 0.1) is 30.1 Å². The van der Waals surface area contributed by atoms with Gasteiger partial charge >= 0.3 is 0 Å². The second-order valence-corrected chi connectivity index (χ2v) is 11.9. The normalized spacial score (nSPS) is 16.2. The molecule has 1 heterocycles. The number of sulfonamides is 2. The van der Waals surface area contributed by atoms with Crippen molar-refractivity contribution in [2.24, 2.45) is 0 Å². The van der Waals surface area contributed by atoms with Crippen molar-refractivity contribution < 1.29 is 26.4 Å². The maximum Gasteiger partial charge on any atom is 0.247 e. The lowest BCUT2D eigenvalue weighted by atomic mass is 10.1. The first-order valence-electron chi connectivity index (χ1n) is 10.5. The number of rotatable bonds is 7. The fourth-order valence-electron chi connectivity index (χ4n) is 3.63. The van der Waals surface area contributed by atoms with Crippen molar-refractivity contribution in [1.82, 2.24) is 4.31 Å². The van der Waals surface area contributed by atoms with Gasteiger partial charge in [-0.1, -0.05) is 12.1 Å². The number of amides is 1. The van der Waals surface area contributed by atoms with Gasteiger partial charge in [0.25, 0.3) is 0 Å². The summed E-state index contributed by atoms with van der Waals surface area (Å²) >= 11 is 0. The van der Waals surface area contributed by atoms with E-state index in [1.165, 1.54) is 35.5 Å². The lowest BCUT2D eigenvalue weighted by molar-refractivity contribution is -0.116. The maximum atomic E-state index is 12.9. The molecular formula is C22H29N3O6S2. The Morgan fingerprint density at radius 3 is 2.21 bits per heavy atom. The third-order valence-corrected chi connectivity index (χ3v) is 8.56. The van der Waals surface area contributed by atoms with E-state index in [1.807, 2.05) is 13.0 Å². The van der Waals surface area contributed by atoms with Crippen LogP contribution in [0.4, 0.5) is 11.4 Å². The maximum absolute atomic E-state index is 12.9. The molecule has 0 aromatic heterocycles. The SMILES string of the molecule is Cc1ccc(C)c(N(C(C)C(=O)Nc2ccc(S(=O)(=O)N3CCOCC3)cc2)S(C)(=O)=O)c1. The summed E-state index contributed by atoms with van der Waals surface area (Å²) in [5, 5.41) is 2.68. The number of nitrogens with one attached hydrogen (secondary N) is 1. The van der Waals surface area contributed by atoms with Crippen LogP contribution in [0.15, 0.2) is 47.4 Å². The monoisotopic (exact) mass is 495 g/mol. The average molecular weight is 496 g/mol. The van der Waals surface area contributed by atoms with Crippen molar-refractivity contribution in [3.05, 3.63) is 53.6 Å². The summed E-state index contributed by atoms with van der Waals surface area (Å²) in [4.78, 5) is 13.1. The molecule has 1 aliphatic heterocycles. The molecule has 0 saturated carbocycles. The quantitative estimate of drug-likeness (QED) is 0.630. The van der Waals surface area contributed by atoms with Crippen LogP contribution in [0.2, 0.25) is 0 Å². The molecule has 1 N–H and O–H groups in total. The summed E-state index contributed by atoms with van der Waals surface area (Å²) in [7, 11) is -7.40. The Balaban J connectivity index is 1.80. The van der Waals surface area contributed by atoms with Gasteiger partial charge in [-0.05, 0) is 62.2 Å². The molecule has 0 radical (unpaired) electrons. The summed E-state index contributed by atoms with van der Waals surface area (Å²) in [5.74, 6) is -0.537. The van der Waals surface area contributed by atoms with Crippen LogP contribution in [0.1, 0.15) is 18.1 Å². The number of nitrogens with zero attached hydrogens (tertiary/aromatic N) is 2. The van der Waals surface area contributed by atoms with E-state index in [-0.39, 0.29) is 18.0 Å². The highest BCUT2D eigenvalue weighted by molar-refractivity contribution is 7.92. The van der Waals surface area contributed by atoms with Crippen molar-refractivity contribution in [3.63, 3.8) is 0 Å². The smallest absolute Gasteiger partial charge is 0.247 e. The lowest BCUT2D eigenvalue weighted by Gasteiger charge is -2.29. The Hall–Kier alpha value is -2.47. The molecule has 1 fully saturated rings. The highest BCUT2D eigenvalue weighted by atomic mass is 32.2. The Morgan fingerprint density at radius 2 is 1.64 bits per heavy atom. The molecule has 2 aromatic carbocycles. The predicted octanol–water partition coefficient (Wildman–Crippen LogP) is 2.12. The number of carbonyl (C=O) groups is 1. The minimum atomic E-state index is -3.75. The second-order valence-electron chi connectivity index (χ2n) is 8.05. The molecule has 180 valence electrons. The summed E-state index contributed by atoms with van der Waals surface area (Å²) in [5.41, 5.74) is 2.39. The molecule has 2 aromatic rings. The molecule has 1 atom stereocenters. The van der Waals surface area contributed by atoms with Crippen LogP contribution < -0.4 is 9.62 Å². The molecule has 1 amide bonds. The van der Waals surface area contributed by atoms with Crippen LogP contribution >= 0.6 is 0 Å². The van der Waals surface area contributed by atoms with E-state index >= 15 is 0 Å². The van der Waals surface area contributed by atoms with Crippen LogP contribution in [0, 0.1) is 13.8 Å². The van der Waals surface area contributed by atoms with Gasteiger partial charge in [-0.3, -0.25) is 9.10 Å². The molecule has 9 nitrogen and oxygen atoms in total. The van der Waals surface area contributed by atoms with Gasteiger partial charge in [-0.25, -0.2) is 16.8 Å². The molecule has 0 bridgehead atoms. The van der Waals surface area contributed by atoms with E-state index in [4.69, 9.17) is 4.74 Å². The molecule has 3 rings (SSSR count). The van der Waals surface area contributed by atoms with E-state index in [9.17, 15) is 21.6 Å². The zero-order chi connectivity index (χ0) is 24.4. The molecule has 11 heteroatoms. The van der Waals surface area contributed by atoms with E-state index in [0.29, 0.717) is 24.6 Å². The first-order chi connectivity index (χ1) is 15.4. The number of hydrogen-bond donors (Lipinski definition) is 1. The number of ether oxygens (including phenoxy) is 1. The van der Waals surface area contributed by atoms with E-state index < -0.39 is 32.0 Å². The van der Waals surface area contributed by atoms with Gasteiger partial charge in [-0.2, -0.15) is 4.31 Å². The highest BCUT2D eigenvalue weighted by Crippen LogP contribution is 2.27. The number of benzene rings is 2. The van der Waals surface area contributed by atoms with Gasteiger partial charge in [0.2, 0.25) is 26.0 Å². The van der Waals surface area contributed by atoms with Gasteiger partial charge < -0.3 is 10.1 Å². The molecule has 1 aliphatic rings. The highest BCUT2D eigenvalue weighted by Gasteiger charge is 2.31. The Labute approximate surface area is 195 Å². The van der Waals surface area contributed by atoms with Gasteiger partial charge in [-0.15, -0.1) is 0 Å². The van der Waals surface area contributed by atoms with Crippen LogP contribution in [-0.4, -0.2) is 65.6 Å². The van der Waals surface area contributed by atoms with E-state index in [2.05, 4.69) is 5.32 Å². The van der Waals surface area contributed by atoms with Crippen molar-refractivity contribution in [3.8, 4) is 0 Å². The first kappa shape index (κ1) is 25.2. The molecule has 0 aliphatic carbocycles. The van der Waals surface area contributed by atoms with E-state index in [1.54, 1.807) is 19.1 Å². The number of aryl methyl sites for hydroxylation is 2. The zero-order valence-corrected chi connectivity index (χ0v) is 20.7. The Kier molecular flexibility index (Phi) is 7.47. The third kappa shape index (κ3) is 5.72. The average Bonchev–Trinajstić information content (AvgIpc) is 2.76. The van der Waals surface area contributed by atoms with E-state index in [0.717, 1.165) is 21.7 Å². The number of morpholine rings is 1. The minimum Gasteiger partial charge on any atom is -0.379 e. The largest absolute Gasteiger partial charge is 0.379 e. The molecule has 33 heavy (non-hydrogen) atoms. The van der Waals surface area contributed by atoms with Gasteiger partial charge in [0.15, 0.2) is 0 Å². The fourth-order valence-corrected chi connectivity index (χ4v) is 6.26. The van der Waals surface area contributed by atoms with Crippen LogP contribution in [0.25, 0.3) is 0 Å². The second kappa shape index (κ2) is 9.80.